The summed E-state index contributed by atoms with van der Waals surface area (Å²) in [7, 11) is 0. The number of hydrogen-bond donors (Lipinski definition) is 17. The molecular weight excluding hydrogens is 776 g/mol. The van der Waals surface area contributed by atoms with E-state index in [1.807, 2.05) is 0 Å². The first-order valence-electron chi connectivity index (χ1n) is 17.4. The van der Waals surface area contributed by atoms with Gasteiger partial charge in [-0.25, -0.2) is 0 Å². The van der Waals surface area contributed by atoms with Crippen LogP contribution in [0.4, 0.5) is 0 Å². The minimum Gasteiger partial charge on any atom is -0.394 e. The van der Waals surface area contributed by atoms with Gasteiger partial charge in [0.25, 0.3) is 0 Å². The van der Waals surface area contributed by atoms with Crippen LogP contribution in [0.3, 0.4) is 0 Å². The maximum absolute atomic E-state index is 11.2. The molecule has 328 valence electrons. The standard InChI is InChI=1S/C30H52O26/c31-1-7(36)13(38)24(8(37)2-32)54-30-23(48)19(44)26(56-29-21(46)17(42)15(40)10(4-34)51-29)12(53-30)6-49-27-22(47)18(43)25(11(5-35)52-27)55-28-20(45)16(41)14(39)9(3-33)50-28/h1,7-30,32-48H,2-6H2/t7-,8+,9+,10+,11+,12+,13+,14+,15+,16-,17-,18+,19+,20+,21+,22+,23+,24+,25+,26+,27-,28+,29+,30+/m0/s1. The van der Waals surface area contributed by atoms with E-state index >= 15 is 0 Å². The zero-order chi connectivity index (χ0) is 41.8. The van der Waals surface area contributed by atoms with E-state index in [9.17, 15) is 91.6 Å². The smallest absolute Gasteiger partial charge is 0.187 e. The fourth-order valence-electron chi connectivity index (χ4n) is 6.47. The van der Waals surface area contributed by atoms with Crippen LogP contribution in [0.2, 0.25) is 0 Å². The molecule has 0 bridgehead atoms. The summed E-state index contributed by atoms with van der Waals surface area (Å²) < 4.78 is 44.0. The monoisotopic (exact) mass is 828 g/mol. The Hall–Kier alpha value is -1.33. The van der Waals surface area contributed by atoms with E-state index < -0.39 is 180 Å². The summed E-state index contributed by atoms with van der Waals surface area (Å²) in [5, 5.41) is 175. The van der Waals surface area contributed by atoms with Gasteiger partial charge in [0.2, 0.25) is 0 Å². The molecule has 26 heteroatoms. The van der Waals surface area contributed by atoms with Gasteiger partial charge in [0.15, 0.2) is 31.4 Å². The van der Waals surface area contributed by atoms with E-state index in [0.29, 0.717) is 0 Å². The van der Waals surface area contributed by atoms with E-state index in [-0.39, 0.29) is 6.29 Å². The quantitative estimate of drug-likeness (QED) is 0.0605. The minimum absolute atomic E-state index is 0.137. The van der Waals surface area contributed by atoms with Gasteiger partial charge < -0.3 is 130 Å². The second kappa shape index (κ2) is 20.8. The largest absolute Gasteiger partial charge is 0.394 e. The molecule has 0 aromatic heterocycles. The van der Waals surface area contributed by atoms with E-state index in [1.165, 1.54) is 0 Å². The summed E-state index contributed by atoms with van der Waals surface area (Å²) in [6, 6.07) is 0. The first kappa shape index (κ1) is 47.3. The number of hydrogen-bond acceptors (Lipinski definition) is 26. The van der Waals surface area contributed by atoms with Crippen molar-refractivity contribution in [3.63, 3.8) is 0 Å². The fraction of sp³-hybridized carbons (Fsp3) is 0.967. The number of carbonyl (C=O) groups is 1. The second-order valence-electron chi connectivity index (χ2n) is 13.6. The van der Waals surface area contributed by atoms with Crippen molar-refractivity contribution in [2.75, 3.05) is 33.0 Å². The van der Waals surface area contributed by atoms with Crippen molar-refractivity contribution in [2.24, 2.45) is 0 Å². The molecule has 4 aliphatic heterocycles. The molecule has 0 radical (unpaired) electrons. The Morgan fingerprint density at radius 2 is 0.911 bits per heavy atom. The summed E-state index contributed by atoms with van der Waals surface area (Å²) >= 11 is 0. The molecule has 24 atom stereocenters. The van der Waals surface area contributed by atoms with Gasteiger partial charge in [-0.1, -0.05) is 0 Å². The Kier molecular flexibility index (Phi) is 17.6. The molecule has 4 rings (SSSR count). The Morgan fingerprint density at radius 3 is 1.36 bits per heavy atom. The van der Waals surface area contributed by atoms with Crippen LogP contribution in [0.25, 0.3) is 0 Å². The van der Waals surface area contributed by atoms with Crippen LogP contribution >= 0.6 is 0 Å². The van der Waals surface area contributed by atoms with Gasteiger partial charge in [-0.15, -0.1) is 0 Å². The topological polar surface area (TPSA) is 435 Å². The number of carbonyl (C=O) groups excluding carboxylic acids is 1. The molecule has 0 aliphatic carbocycles. The van der Waals surface area contributed by atoms with Crippen LogP contribution in [0, 0.1) is 0 Å². The van der Waals surface area contributed by atoms with E-state index in [4.69, 9.17) is 37.9 Å². The number of ether oxygens (including phenoxy) is 8. The Bertz CT molecular complexity index is 1180. The van der Waals surface area contributed by atoms with Crippen LogP contribution < -0.4 is 0 Å². The second-order valence-corrected chi connectivity index (χ2v) is 13.6. The highest BCUT2D eigenvalue weighted by Crippen LogP contribution is 2.33. The van der Waals surface area contributed by atoms with Crippen LogP contribution in [0.5, 0.6) is 0 Å². The summed E-state index contributed by atoms with van der Waals surface area (Å²) in [5.74, 6) is 0. The fourth-order valence-corrected chi connectivity index (χ4v) is 6.47. The molecule has 26 nitrogen and oxygen atoms in total. The number of aliphatic hydroxyl groups is 17. The van der Waals surface area contributed by atoms with Crippen molar-refractivity contribution in [2.45, 2.75) is 147 Å². The van der Waals surface area contributed by atoms with Crippen molar-refractivity contribution < 1.29 is 130 Å². The first-order chi connectivity index (χ1) is 26.4. The first-order valence-corrected chi connectivity index (χ1v) is 17.4. The van der Waals surface area contributed by atoms with Crippen molar-refractivity contribution in [1.82, 2.24) is 0 Å². The summed E-state index contributed by atoms with van der Waals surface area (Å²) in [4.78, 5) is 11.1. The Labute approximate surface area is 316 Å². The predicted molar refractivity (Wildman–Crippen MR) is 168 cm³/mol. The third-order valence-electron chi connectivity index (χ3n) is 9.85. The lowest BCUT2D eigenvalue weighted by molar-refractivity contribution is -0.379. The van der Waals surface area contributed by atoms with Crippen molar-refractivity contribution in [3.05, 3.63) is 0 Å². The summed E-state index contributed by atoms with van der Waals surface area (Å²) in [6.45, 7) is -4.74. The van der Waals surface area contributed by atoms with Crippen LogP contribution in [-0.4, -0.2) is 273 Å². The van der Waals surface area contributed by atoms with Gasteiger partial charge in [-0.05, 0) is 0 Å². The average molecular weight is 829 g/mol. The molecule has 4 aliphatic rings. The van der Waals surface area contributed by atoms with Crippen molar-refractivity contribution >= 4 is 6.29 Å². The van der Waals surface area contributed by atoms with Crippen LogP contribution in [-0.2, 0) is 42.7 Å². The lowest BCUT2D eigenvalue weighted by atomic mass is 9.96. The van der Waals surface area contributed by atoms with Crippen LogP contribution in [0.1, 0.15) is 0 Å². The molecule has 0 unspecified atom stereocenters. The SMILES string of the molecule is O=C[C@H](O)[C@@H](O)[C@H](O[C@H]1O[C@H](CO[C@H]2O[C@H](CO)[C@@H](O[C@H]3O[C@H](CO)[C@@H](O)[C@H](O)[C@H]3O)[C@H](O)[C@H]2O)[C@@H](O[C@H]2O[C@H](CO)[C@@H](O)[C@H](O)[C@H]2O)[C@H](O)[C@H]1O)[C@H](O)CO. The molecule has 4 fully saturated rings. The molecule has 56 heavy (non-hydrogen) atoms. The molecule has 4 saturated heterocycles. The third-order valence-corrected chi connectivity index (χ3v) is 9.85. The normalized spacial score (nSPS) is 47.2. The van der Waals surface area contributed by atoms with E-state index in [0.717, 1.165) is 0 Å². The van der Waals surface area contributed by atoms with Crippen molar-refractivity contribution in [1.29, 1.82) is 0 Å². The predicted octanol–water partition coefficient (Wildman–Crippen LogP) is -12.1. The van der Waals surface area contributed by atoms with Gasteiger partial charge in [0, 0.05) is 0 Å². The minimum atomic E-state index is -2.25. The highest BCUT2D eigenvalue weighted by atomic mass is 16.8. The van der Waals surface area contributed by atoms with E-state index in [1.54, 1.807) is 0 Å². The van der Waals surface area contributed by atoms with Gasteiger partial charge in [0.05, 0.1) is 33.0 Å². The van der Waals surface area contributed by atoms with Crippen LogP contribution in [0.15, 0.2) is 0 Å². The molecule has 4 heterocycles. The zero-order valence-electron chi connectivity index (χ0n) is 29.2. The highest BCUT2D eigenvalue weighted by molar-refractivity contribution is 5.56. The van der Waals surface area contributed by atoms with E-state index in [2.05, 4.69) is 0 Å². The lowest BCUT2D eigenvalue weighted by Crippen LogP contribution is -2.66. The van der Waals surface area contributed by atoms with Gasteiger partial charge in [-0.3, -0.25) is 0 Å². The average Bonchev–Trinajstić information content (AvgIpc) is 3.20. The molecule has 0 aromatic rings. The number of aliphatic hydroxyl groups excluding tert-OH is 17. The third kappa shape index (κ3) is 10.2. The molecule has 0 saturated carbocycles. The zero-order valence-corrected chi connectivity index (χ0v) is 29.2. The molecule has 17 N–H and O–H groups in total. The maximum Gasteiger partial charge on any atom is 0.187 e. The van der Waals surface area contributed by atoms with Gasteiger partial charge >= 0.3 is 0 Å². The summed E-state index contributed by atoms with van der Waals surface area (Å²) in [5.41, 5.74) is 0. The summed E-state index contributed by atoms with van der Waals surface area (Å²) in [6.07, 6.45) is -46.6. The van der Waals surface area contributed by atoms with Gasteiger partial charge in [-0.2, -0.15) is 0 Å². The van der Waals surface area contributed by atoms with Crippen molar-refractivity contribution in [3.8, 4) is 0 Å². The Morgan fingerprint density at radius 1 is 0.500 bits per heavy atom. The van der Waals surface area contributed by atoms with Gasteiger partial charge in [0.1, 0.15) is 122 Å². The molecule has 0 spiro atoms. The molecule has 0 amide bonds. The Balaban J connectivity index is 1.56. The highest BCUT2D eigenvalue weighted by Gasteiger charge is 2.54. The maximum atomic E-state index is 11.2. The number of rotatable bonds is 17. The lowest BCUT2D eigenvalue weighted by Gasteiger charge is -2.48. The molecular formula is C30H52O26. The number of aldehydes is 1. The molecule has 0 aromatic carbocycles.